The average molecular weight is 351 g/mol. The maximum Gasteiger partial charge on any atom is 0.251 e. The quantitative estimate of drug-likeness (QED) is 0.888. The standard InChI is InChI=1S/C22H29N3O/c26-22(19-7-9-21(10-8-19)25-13-3-4-14-25)23-20-11-15-24(16-12-20)17-18-5-1-2-6-18/h3-4,7-10,13-14,18,20H,1-2,5-6,11-12,15-17H2,(H,23,26). The van der Waals surface area contributed by atoms with Crippen molar-refractivity contribution in [2.45, 2.75) is 44.6 Å². The number of carbonyl (C=O) groups excluding carboxylic acids is 1. The fourth-order valence-electron chi connectivity index (χ4n) is 4.38. The first kappa shape index (κ1) is 17.3. The van der Waals surface area contributed by atoms with Crippen molar-refractivity contribution in [1.82, 2.24) is 14.8 Å². The molecule has 0 bridgehead atoms. The van der Waals surface area contributed by atoms with Crippen LogP contribution in [-0.4, -0.2) is 41.1 Å². The van der Waals surface area contributed by atoms with E-state index in [-0.39, 0.29) is 5.91 Å². The number of hydrogen-bond donors (Lipinski definition) is 1. The van der Waals surface area contributed by atoms with Gasteiger partial charge in [-0.3, -0.25) is 4.79 Å². The zero-order chi connectivity index (χ0) is 17.8. The summed E-state index contributed by atoms with van der Waals surface area (Å²) in [5.41, 5.74) is 1.82. The molecule has 0 spiro atoms. The number of hydrogen-bond acceptors (Lipinski definition) is 2. The molecule has 0 unspecified atom stereocenters. The summed E-state index contributed by atoms with van der Waals surface area (Å²) in [5, 5.41) is 3.23. The highest BCUT2D eigenvalue weighted by Crippen LogP contribution is 2.26. The fraction of sp³-hybridized carbons (Fsp3) is 0.500. The zero-order valence-electron chi connectivity index (χ0n) is 15.4. The van der Waals surface area contributed by atoms with E-state index in [4.69, 9.17) is 0 Å². The summed E-state index contributed by atoms with van der Waals surface area (Å²) in [6.07, 6.45) is 11.8. The topological polar surface area (TPSA) is 37.3 Å². The molecule has 4 heteroatoms. The number of benzene rings is 1. The molecular weight excluding hydrogens is 322 g/mol. The van der Waals surface area contributed by atoms with Crippen molar-refractivity contribution in [3.05, 3.63) is 54.4 Å². The minimum Gasteiger partial charge on any atom is -0.349 e. The Labute approximate surface area is 156 Å². The lowest BCUT2D eigenvalue weighted by Crippen LogP contribution is -2.45. The molecular formula is C22H29N3O. The molecule has 1 aliphatic carbocycles. The molecule has 0 radical (unpaired) electrons. The molecule has 1 aliphatic heterocycles. The third-order valence-electron chi connectivity index (χ3n) is 5.95. The Bertz CT molecular complexity index is 693. The first-order valence-corrected chi connectivity index (χ1v) is 10.0. The van der Waals surface area contributed by atoms with Crippen LogP contribution in [0.5, 0.6) is 0 Å². The van der Waals surface area contributed by atoms with Crippen LogP contribution >= 0.6 is 0 Å². The number of nitrogens with one attached hydrogen (secondary N) is 1. The van der Waals surface area contributed by atoms with Gasteiger partial charge in [0.15, 0.2) is 0 Å². The van der Waals surface area contributed by atoms with Crippen LogP contribution in [0.4, 0.5) is 0 Å². The lowest BCUT2D eigenvalue weighted by molar-refractivity contribution is 0.0905. The largest absolute Gasteiger partial charge is 0.349 e. The van der Waals surface area contributed by atoms with Gasteiger partial charge in [0.25, 0.3) is 5.91 Å². The first-order chi connectivity index (χ1) is 12.8. The van der Waals surface area contributed by atoms with E-state index in [2.05, 4.69) is 10.2 Å². The number of carbonyl (C=O) groups is 1. The van der Waals surface area contributed by atoms with Crippen LogP contribution < -0.4 is 5.32 Å². The third-order valence-corrected chi connectivity index (χ3v) is 5.95. The Hall–Kier alpha value is -2.07. The third kappa shape index (κ3) is 4.18. The lowest BCUT2D eigenvalue weighted by Gasteiger charge is -2.33. The Kier molecular flexibility index (Phi) is 5.40. The molecule has 2 heterocycles. The number of aromatic nitrogens is 1. The second kappa shape index (κ2) is 8.09. The molecule has 2 aliphatic rings. The van der Waals surface area contributed by atoms with E-state index in [1.165, 1.54) is 32.2 Å². The monoisotopic (exact) mass is 351 g/mol. The molecule has 1 aromatic heterocycles. The van der Waals surface area contributed by atoms with E-state index in [1.54, 1.807) is 0 Å². The number of amides is 1. The summed E-state index contributed by atoms with van der Waals surface area (Å²) in [7, 11) is 0. The fourth-order valence-corrected chi connectivity index (χ4v) is 4.38. The van der Waals surface area contributed by atoms with Gasteiger partial charge in [-0.15, -0.1) is 0 Å². The molecule has 1 saturated carbocycles. The van der Waals surface area contributed by atoms with Crippen LogP contribution in [0.15, 0.2) is 48.8 Å². The number of likely N-dealkylation sites (tertiary alicyclic amines) is 1. The smallest absolute Gasteiger partial charge is 0.251 e. The zero-order valence-corrected chi connectivity index (χ0v) is 15.4. The first-order valence-electron chi connectivity index (χ1n) is 10.0. The van der Waals surface area contributed by atoms with Crippen LogP contribution in [0.1, 0.15) is 48.9 Å². The molecule has 4 rings (SSSR count). The Morgan fingerprint density at radius 2 is 1.62 bits per heavy atom. The van der Waals surface area contributed by atoms with E-state index in [0.29, 0.717) is 6.04 Å². The molecule has 1 N–H and O–H groups in total. The summed E-state index contributed by atoms with van der Waals surface area (Å²) in [6, 6.07) is 12.1. The lowest BCUT2D eigenvalue weighted by atomic mass is 10.0. The normalized spacial score (nSPS) is 19.7. The predicted octanol–water partition coefficient (Wildman–Crippen LogP) is 3.86. The molecule has 138 valence electrons. The second-order valence-corrected chi connectivity index (χ2v) is 7.84. The Morgan fingerprint density at radius 1 is 0.962 bits per heavy atom. The van der Waals surface area contributed by atoms with Crippen LogP contribution in [0, 0.1) is 5.92 Å². The van der Waals surface area contributed by atoms with Gasteiger partial charge in [0.1, 0.15) is 0 Å². The number of nitrogens with zero attached hydrogens (tertiary/aromatic N) is 2. The summed E-state index contributed by atoms with van der Waals surface area (Å²) in [4.78, 5) is 15.1. The highest BCUT2D eigenvalue weighted by molar-refractivity contribution is 5.94. The van der Waals surface area contributed by atoms with Crippen LogP contribution in [0.2, 0.25) is 0 Å². The Balaban J connectivity index is 1.26. The van der Waals surface area contributed by atoms with E-state index < -0.39 is 0 Å². The van der Waals surface area contributed by atoms with Gasteiger partial charge in [-0.2, -0.15) is 0 Å². The van der Waals surface area contributed by atoms with E-state index in [0.717, 1.165) is 43.1 Å². The highest BCUT2D eigenvalue weighted by Gasteiger charge is 2.24. The maximum absolute atomic E-state index is 12.5. The Morgan fingerprint density at radius 3 is 2.27 bits per heavy atom. The maximum atomic E-state index is 12.5. The minimum atomic E-state index is 0.0540. The predicted molar refractivity (Wildman–Crippen MR) is 105 cm³/mol. The average Bonchev–Trinajstić information content (AvgIpc) is 3.37. The molecule has 26 heavy (non-hydrogen) atoms. The van der Waals surface area contributed by atoms with Crippen LogP contribution in [0.25, 0.3) is 5.69 Å². The van der Waals surface area contributed by atoms with Gasteiger partial charge in [-0.25, -0.2) is 0 Å². The van der Waals surface area contributed by atoms with Gasteiger partial charge in [0.05, 0.1) is 0 Å². The van der Waals surface area contributed by atoms with Crippen LogP contribution in [-0.2, 0) is 0 Å². The summed E-state index contributed by atoms with van der Waals surface area (Å²) in [6.45, 7) is 3.50. The molecule has 0 atom stereocenters. The molecule has 1 saturated heterocycles. The van der Waals surface area contributed by atoms with Crippen molar-refractivity contribution in [3.63, 3.8) is 0 Å². The number of rotatable bonds is 5. The van der Waals surface area contributed by atoms with Crippen LogP contribution in [0.3, 0.4) is 0 Å². The van der Waals surface area contributed by atoms with Crippen molar-refractivity contribution in [1.29, 1.82) is 0 Å². The van der Waals surface area contributed by atoms with Crippen molar-refractivity contribution in [2.24, 2.45) is 5.92 Å². The minimum absolute atomic E-state index is 0.0540. The summed E-state index contributed by atoms with van der Waals surface area (Å²) in [5.74, 6) is 0.971. The molecule has 1 amide bonds. The number of piperidine rings is 1. The molecule has 2 aromatic rings. The van der Waals surface area contributed by atoms with E-state index in [1.807, 2.05) is 53.4 Å². The SMILES string of the molecule is O=C(NC1CCN(CC2CCCC2)CC1)c1ccc(-n2cccc2)cc1. The van der Waals surface area contributed by atoms with Gasteiger partial charge in [-0.05, 0) is 68.0 Å². The van der Waals surface area contributed by atoms with Gasteiger partial charge in [-0.1, -0.05) is 12.8 Å². The van der Waals surface area contributed by atoms with Gasteiger partial charge in [0, 0.05) is 49.3 Å². The summed E-state index contributed by atoms with van der Waals surface area (Å²) < 4.78 is 2.04. The van der Waals surface area contributed by atoms with Crippen molar-refractivity contribution in [2.75, 3.05) is 19.6 Å². The summed E-state index contributed by atoms with van der Waals surface area (Å²) >= 11 is 0. The van der Waals surface area contributed by atoms with E-state index >= 15 is 0 Å². The second-order valence-electron chi connectivity index (χ2n) is 7.84. The van der Waals surface area contributed by atoms with Gasteiger partial charge < -0.3 is 14.8 Å². The van der Waals surface area contributed by atoms with E-state index in [9.17, 15) is 4.79 Å². The molecule has 1 aromatic carbocycles. The van der Waals surface area contributed by atoms with Gasteiger partial charge >= 0.3 is 0 Å². The molecule has 4 nitrogen and oxygen atoms in total. The molecule has 2 fully saturated rings. The van der Waals surface area contributed by atoms with Crippen molar-refractivity contribution < 1.29 is 4.79 Å². The van der Waals surface area contributed by atoms with Crippen molar-refractivity contribution >= 4 is 5.91 Å². The van der Waals surface area contributed by atoms with Crippen molar-refractivity contribution in [3.8, 4) is 5.69 Å². The van der Waals surface area contributed by atoms with Gasteiger partial charge in [0.2, 0.25) is 0 Å². The highest BCUT2D eigenvalue weighted by atomic mass is 16.1.